The monoisotopic (exact) mass is 598 g/mol. The van der Waals surface area contributed by atoms with Gasteiger partial charge in [-0.15, -0.1) is 0 Å². The molecule has 0 aliphatic carbocycles. The van der Waals surface area contributed by atoms with Crippen molar-refractivity contribution in [2.24, 2.45) is 0 Å². The van der Waals surface area contributed by atoms with Crippen molar-refractivity contribution in [1.29, 1.82) is 0 Å². The Balaban J connectivity index is 3.23. The number of rotatable bonds is 12. The van der Waals surface area contributed by atoms with Crippen molar-refractivity contribution in [1.82, 2.24) is 0 Å². The van der Waals surface area contributed by atoms with E-state index < -0.39 is 0 Å². The maximum Gasteiger partial charge on any atom is 0.207 e. The molecule has 4 nitrogen and oxygen atoms in total. The number of hydrogen-bond donors (Lipinski definition) is 0. The van der Waals surface area contributed by atoms with Gasteiger partial charge in [-0.1, -0.05) is 32.6 Å². The van der Waals surface area contributed by atoms with Crippen molar-refractivity contribution in [3.63, 3.8) is 0 Å². The third kappa shape index (κ3) is 6.17. The second kappa shape index (κ2) is 13.0. The molecular weight excluding hydrogens is 572 g/mol. The van der Waals surface area contributed by atoms with E-state index in [9.17, 15) is 0 Å². The molecule has 8 heteroatoms. The van der Waals surface area contributed by atoms with Gasteiger partial charge < -0.3 is 18.5 Å². The van der Waals surface area contributed by atoms with Crippen LogP contribution in [0.5, 0.6) is 23.0 Å². The Morgan fingerprint density at radius 2 is 1.33 bits per heavy atom. The minimum atomic E-state index is 0.319. The molecule has 0 bridgehead atoms. The molecule has 2 unspecified atom stereocenters. The first-order chi connectivity index (χ1) is 11.7. The van der Waals surface area contributed by atoms with Gasteiger partial charge in [0.1, 0.15) is 12.9 Å². The Kier molecular flexibility index (Phi) is 12.3. The van der Waals surface area contributed by atoms with Crippen LogP contribution in [0.15, 0.2) is 0 Å². The van der Waals surface area contributed by atoms with Gasteiger partial charge in [0.2, 0.25) is 11.5 Å². The number of halogens is 2. The predicted octanol–water partition coefficient (Wildman–Crippen LogP) is 7.17. The van der Waals surface area contributed by atoms with Crippen LogP contribution < -0.4 is 18.5 Å². The first-order valence-electron chi connectivity index (χ1n) is 7.98. The summed E-state index contributed by atoms with van der Waals surface area (Å²) in [6, 6.07) is 0. The van der Waals surface area contributed by atoms with Crippen molar-refractivity contribution in [3.8, 4) is 23.0 Å². The summed E-state index contributed by atoms with van der Waals surface area (Å²) in [4.78, 5) is 0. The zero-order valence-corrected chi connectivity index (χ0v) is 20.9. The molecule has 24 heavy (non-hydrogen) atoms. The average molecular weight is 598 g/mol. The molecule has 1 aromatic carbocycles. The third-order valence-electron chi connectivity index (χ3n) is 3.91. The van der Waals surface area contributed by atoms with Crippen LogP contribution in [-0.2, 0) is 6.42 Å². The molecule has 0 spiro atoms. The van der Waals surface area contributed by atoms with Crippen LogP contribution in [0.3, 0.4) is 0 Å². The summed E-state index contributed by atoms with van der Waals surface area (Å²) in [5, 5.41) is 0. The van der Waals surface area contributed by atoms with E-state index in [0.717, 1.165) is 29.9 Å². The lowest BCUT2D eigenvalue weighted by atomic mass is 9.98. The topological polar surface area (TPSA) is 36.9 Å². The van der Waals surface area contributed by atoms with Crippen LogP contribution in [0.1, 0.15) is 50.2 Å². The smallest absolute Gasteiger partial charge is 0.207 e. The van der Waals surface area contributed by atoms with Gasteiger partial charge in [0.25, 0.3) is 0 Å². The second-order valence-corrected chi connectivity index (χ2v) is 8.71. The highest BCUT2D eigenvalue weighted by Gasteiger charge is 2.25. The number of unbranched alkanes of at least 4 members (excludes halogenated alkanes) is 4. The van der Waals surface area contributed by atoms with E-state index >= 15 is 0 Å². The lowest BCUT2D eigenvalue weighted by Crippen LogP contribution is -2.03. The van der Waals surface area contributed by atoms with Crippen LogP contribution >= 0.6 is 57.0 Å². The van der Waals surface area contributed by atoms with Gasteiger partial charge in [-0.25, -0.2) is 0 Å². The van der Waals surface area contributed by atoms with Crippen LogP contribution in [0, 0.1) is 6.92 Å². The van der Waals surface area contributed by atoms with Gasteiger partial charge in [0.15, 0.2) is 11.5 Å². The van der Waals surface area contributed by atoms with Crippen LogP contribution in [-0.4, -0.2) is 14.2 Å². The van der Waals surface area contributed by atoms with Gasteiger partial charge in [-0.2, -0.15) is 0 Å². The molecule has 0 saturated heterocycles. The number of hydrogen-bond acceptors (Lipinski definition) is 4. The van der Waals surface area contributed by atoms with E-state index in [2.05, 4.69) is 57.9 Å². The molecule has 138 valence electrons. The molecule has 0 fully saturated rings. The Labute approximate surface area is 175 Å². The Morgan fingerprint density at radius 3 is 1.88 bits per heavy atom. The maximum absolute atomic E-state index is 5.95. The summed E-state index contributed by atoms with van der Waals surface area (Å²) < 4.78 is 23.0. The van der Waals surface area contributed by atoms with Gasteiger partial charge >= 0.3 is 0 Å². The minimum Gasteiger partial charge on any atom is -0.490 e. The molecule has 0 aromatic heterocycles. The average Bonchev–Trinajstić information content (AvgIpc) is 2.59. The van der Waals surface area contributed by atoms with Crippen molar-refractivity contribution < 1.29 is 18.5 Å². The molecular formula is C16H26I2O4P2. The summed E-state index contributed by atoms with van der Waals surface area (Å²) in [5.41, 5.74) is 2.27. The number of methoxy groups -OCH3 is 2. The van der Waals surface area contributed by atoms with E-state index in [1.54, 1.807) is 14.2 Å². The quantitative estimate of drug-likeness (QED) is 0.145. The molecule has 0 radical (unpaired) electrons. The highest BCUT2D eigenvalue weighted by molar-refractivity contribution is 14.2. The van der Waals surface area contributed by atoms with Gasteiger partial charge in [-0.3, -0.25) is 0 Å². The zero-order chi connectivity index (χ0) is 17.9. The van der Waals surface area contributed by atoms with Crippen molar-refractivity contribution in [2.75, 3.05) is 14.2 Å². The Bertz CT molecular complexity index is 516. The summed E-state index contributed by atoms with van der Waals surface area (Å²) in [7, 11) is 3.29. The summed E-state index contributed by atoms with van der Waals surface area (Å²) in [6.45, 7) is 4.96. The van der Waals surface area contributed by atoms with E-state index in [-0.39, 0.29) is 0 Å². The summed E-state index contributed by atoms with van der Waals surface area (Å²) >= 11 is 4.46. The third-order valence-corrected chi connectivity index (χ3v) is 5.79. The van der Waals surface area contributed by atoms with E-state index in [4.69, 9.17) is 18.5 Å². The lowest BCUT2D eigenvalue weighted by Gasteiger charge is -2.22. The van der Waals surface area contributed by atoms with Crippen LogP contribution in [0.4, 0.5) is 0 Å². The zero-order valence-electron chi connectivity index (χ0n) is 14.6. The van der Waals surface area contributed by atoms with Gasteiger partial charge in [0.05, 0.1) is 14.2 Å². The fourth-order valence-electron chi connectivity index (χ4n) is 2.71. The Morgan fingerprint density at radius 1 is 0.792 bits per heavy atom. The molecule has 0 N–H and O–H groups in total. The standard InChI is InChI=1S/C16H26I2O4P2/c1-5-6-7-8-9-10-12-11(2)13(21-23-17)15(19-3)16(20-4)14(12)22-24-18/h23-24H,5-10H2,1-4H3. The summed E-state index contributed by atoms with van der Waals surface area (Å²) in [5.74, 6) is 2.84. The lowest BCUT2D eigenvalue weighted by molar-refractivity contribution is 0.336. The fourth-order valence-corrected chi connectivity index (χ4v) is 4.64. The normalized spacial score (nSPS) is 11.6. The number of benzene rings is 1. The first-order valence-corrected chi connectivity index (χ1v) is 16.0. The van der Waals surface area contributed by atoms with Gasteiger partial charge in [-0.05, 0) is 63.8 Å². The molecule has 0 amide bonds. The number of ether oxygens (including phenoxy) is 2. The van der Waals surface area contributed by atoms with Gasteiger partial charge in [0, 0.05) is 11.1 Å². The first kappa shape index (κ1) is 22.8. The molecule has 0 aliphatic heterocycles. The molecule has 1 aromatic rings. The van der Waals surface area contributed by atoms with Crippen molar-refractivity contribution in [2.45, 2.75) is 52.4 Å². The van der Waals surface area contributed by atoms with E-state index in [0.29, 0.717) is 24.4 Å². The molecule has 2 atom stereocenters. The Hall–Kier alpha value is 0.740. The predicted molar refractivity (Wildman–Crippen MR) is 123 cm³/mol. The fraction of sp³-hybridized carbons (Fsp3) is 0.625. The van der Waals surface area contributed by atoms with E-state index in [1.807, 2.05) is 0 Å². The van der Waals surface area contributed by atoms with E-state index in [1.165, 1.54) is 31.2 Å². The van der Waals surface area contributed by atoms with Crippen LogP contribution in [0.25, 0.3) is 0 Å². The van der Waals surface area contributed by atoms with Crippen LogP contribution in [0.2, 0.25) is 0 Å². The molecule has 1 rings (SSSR count). The largest absolute Gasteiger partial charge is 0.490 e. The summed E-state index contributed by atoms with van der Waals surface area (Å²) in [6.07, 6.45) is 7.18. The molecule has 0 saturated carbocycles. The highest BCUT2D eigenvalue weighted by atomic mass is 127. The molecule has 0 heterocycles. The maximum atomic E-state index is 5.95. The van der Waals surface area contributed by atoms with Crippen molar-refractivity contribution >= 4 is 57.0 Å². The minimum absolute atomic E-state index is 0.319. The molecule has 0 aliphatic rings. The second-order valence-electron chi connectivity index (χ2n) is 5.35. The SMILES string of the molecule is CCCCCCCc1c(C)c(OPI)c(OC)c(OC)c1OPI. The highest BCUT2D eigenvalue weighted by Crippen LogP contribution is 2.53. The van der Waals surface area contributed by atoms with Crippen molar-refractivity contribution in [3.05, 3.63) is 11.1 Å².